The van der Waals surface area contributed by atoms with Crippen LogP contribution in [0.5, 0.6) is 5.75 Å². The fourth-order valence-electron chi connectivity index (χ4n) is 4.24. The number of aromatic nitrogens is 2. The number of benzene rings is 3. The molecule has 0 unspecified atom stereocenters. The standard InChI is InChI=1S/C31H29N3O2S2/c1-21(2)20-36-27-16-10-15-26(22(27)3)29-24(19-34(32-29)25-13-8-5-9-14-25)17-28-30(35)33(31(37)38-28)18-23-11-6-4-7-12-23/h4-17,19,21H,18,20H2,1-3H3. The molecular weight excluding hydrogens is 510 g/mol. The van der Waals surface area contributed by atoms with Crippen LogP contribution in [-0.2, 0) is 11.3 Å². The summed E-state index contributed by atoms with van der Waals surface area (Å²) in [4.78, 5) is 15.7. The molecule has 1 fully saturated rings. The smallest absolute Gasteiger partial charge is 0.266 e. The lowest BCUT2D eigenvalue weighted by Gasteiger charge is -2.14. The molecule has 0 bridgehead atoms. The largest absolute Gasteiger partial charge is 0.493 e. The molecule has 38 heavy (non-hydrogen) atoms. The van der Waals surface area contributed by atoms with Crippen LogP contribution < -0.4 is 4.74 Å². The molecule has 0 atom stereocenters. The van der Waals surface area contributed by atoms with Crippen molar-refractivity contribution in [2.24, 2.45) is 5.92 Å². The van der Waals surface area contributed by atoms with Crippen molar-refractivity contribution in [3.8, 4) is 22.7 Å². The van der Waals surface area contributed by atoms with Crippen molar-refractivity contribution in [2.45, 2.75) is 27.3 Å². The van der Waals surface area contributed by atoms with Crippen LogP contribution in [0.15, 0.2) is 90.0 Å². The van der Waals surface area contributed by atoms with Crippen molar-refractivity contribution in [3.63, 3.8) is 0 Å². The van der Waals surface area contributed by atoms with E-state index in [1.54, 1.807) is 4.90 Å². The lowest BCUT2D eigenvalue weighted by atomic mass is 10.0. The number of nitrogens with zero attached hydrogens (tertiary/aromatic N) is 3. The molecule has 1 saturated heterocycles. The Labute approximate surface area is 233 Å². The molecule has 5 nitrogen and oxygen atoms in total. The summed E-state index contributed by atoms with van der Waals surface area (Å²) in [5.41, 5.74) is 5.59. The second-order valence-corrected chi connectivity index (χ2v) is 11.3. The second kappa shape index (κ2) is 11.4. The summed E-state index contributed by atoms with van der Waals surface area (Å²) in [5, 5.41) is 4.97. The van der Waals surface area contributed by atoms with Crippen LogP contribution in [0.25, 0.3) is 23.0 Å². The number of para-hydroxylation sites is 1. The Bertz CT molecular complexity index is 1490. The molecule has 0 spiro atoms. The maximum atomic E-state index is 13.4. The van der Waals surface area contributed by atoms with Gasteiger partial charge in [-0.05, 0) is 42.7 Å². The number of rotatable bonds is 8. The molecule has 192 valence electrons. The van der Waals surface area contributed by atoms with E-state index in [1.807, 2.05) is 95.8 Å². The first kappa shape index (κ1) is 25.9. The molecule has 0 N–H and O–H groups in total. The van der Waals surface area contributed by atoms with Crippen molar-refractivity contribution in [3.05, 3.63) is 107 Å². The van der Waals surface area contributed by atoms with Gasteiger partial charge in [0.15, 0.2) is 0 Å². The number of hydrogen-bond donors (Lipinski definition) is 0. The average molecular weight is 540 g/mol. The average Bonchev–Trinajstić information content (AvgIpc) is 3.45. The minimum atomic E-state index is -0.0898. The monoisotopic (exact) mass is 539 g/mol. The van der Waals surface area contributed by atoms with E-state index in [4.69, 9.17) is 22.1 Å². The number of carbonyl (C=O) groups excluding carboxylic acids is 1. The first-order valence-corrected chi connectivity index (χ1v) is 13.8. The Hall–Kier alpha value is -3.68. The Balaban J connectivity index is 1.54. The summed E-state index contributed by atoms with van der Waals surface area (Å²) in [6, 6.07) is 25.9. The van der Waals surface area contributed by atoms with E-state index >= 15 is 0 Å². The summed E-state index contributed by atoms with van der Waals surface area (Å²) in [5.74, 6) is 1.17. The van der Waals surface area contributed by atoms with Gasteiger partial charge in [0, 0.05) is 22.9 Å². The normalized spacial score (nSPS) is 14.6. The predicted molar refractivity (Wildman–Crippen MR) is 159 cm³/mol. The van der Waals surface area contributed by atoms with E-state index in [0.29, 0.717) is 28.3 Å². The van der Waals surface area contributed by atoms with Gasteiger partial charge in [-0.2, -0.15) is 5.10 Å². The highest BCUT2D eigenvalue weighted by Gasteiger charge is 2.32. The first-order valence-electron chi connectivity index (χ1n) is 12.6. The minimum absolute atomic E-state index is 0.0898. The van der Waals surface area contributed by atoms with Gasteiger partial charge in [0.1, 0.15) is 15.8 Å². The number of thioether (sulfide) groups is 1. The van der Waals surface area contributed by atoms with Crippen molar-refractivity contribution in [1.82, 2.24) is 14.7 Å². The van der Waals surface area contributed by atoms with Crippen LogP contribution in [0, 0.1) is 12.8 Å². The summed E-state index contributed by atoms with van der Waals surface area (Å²) >= 11 is 6.93. The summed E-state index contributed by atoms with van der Waals surface area (Å²) in [6.07, 6.45) is 3.88. The number of ether oxygens (including phenoxy) is 1. The fraction of sp³-hybridized carbons (Fsp3) is 0.194. The van der Waals surface area contributed by atoms with Gasteiger partial charge in [-0.15, -0.1) is 0 Å². The number of hydrogen-bond acceptors (Lipinski definition) is 5. The SMILES string of the molecule is Cc1c(OCC(C)C)cccc1-c1nn(-c2ccccc2)cc1C=C1SC(=S)N(Cc2ccccc2)C1=O. The van der Waals surface area contributed by atoms with Gasteiger partial charge in [-0.25, -0.2) is 4.68 Å². The molecule has 0 aliphatic carbocycles. The second-order valence-electron chi connectivity index (χ2n) is 9.60. The molecule has 5 rings (SSSR count). The highest BCUT2D eigenvalue weighted by Crippen LogP contribution is 2.37. The van der Waals surface area contributed by atoms with E-state index < -0.39 is 0 Å². The third-order valence-corrected chi connectivity index (χ3v) is 7.60. The lowest BCUT2D eigenvalue weighted by Crippen LogP contribution is -2.27. The maximum Gasteiger partial charge on any atom is 0.266 e. The number of carbonyl (C=O) groups is 1. The first-order chi connectivity index (χ1) is 18.4. The molecule has 2 heterocycles. The summed E-state index contributed by atoms with van der Waals surface area (Å²) in [6.45, 7) is 7.40. The summed E-state index contributed by atoms with van der Waals surface area (Å²) in [7, 11) is 0. The number of thiocarbonyl (C=S) groups is 1. The zero-order valence-corrected chi connectivity index (χ0v) is 23.3. The predicted octanol–water partition coefficient (Wildman–Crippen LogP) is 7.28. The van der Waals surface area contributed by atoms with Crippen LogP contribution in [-0.4, -0.2) is 31.5 Å². The molecule has 7 heteroatoms. The van der Waals surface area contributed by atoms with Crippen LogP contribution in [0.3, 0.4) is 0 Å². The highest BCUT2D eigenvalue weighted by molar-refractivity contribution is 8.26. The maximum absolute atomic E-state index is 13.4. The topological polar surface area (TPSA) is 47.4 Å². The van der Waals surface area contributed by atoms with Crippen molar-refractivity contribution < 1.29 is 9.53 Å². The highest BCUT2D eigenvalue weighted by atomic mass is 32.2. The zero-order chi connectivity index (χ0) is 26.6. The van der Waals surface area contributed by atoms with Gasteiger partial charge in [0.05, 0.1) is 23.7 Å². The van der Waals surface area contributed by atoms with Crippen LogP contribution in [0.2, 0.25) is 0 Å². The van der Waals surface area contributed by atoms with Crippen molar-refractivity contribution >= 4 is 40.3 Å². The third kappa shape index (κ3) is 5.59. The number of amides is 1. The quantitative estimate of drug-likeness (QED) is 0.174. The third-order valence-electron chi connectivity index (χ3n) is 6.22. The van der Waals surface area contributed by atoms with Crippen molar-refractivity contribution in [1.29, 1.82) is 0 Å². The van der Waals surface area contributed by atoms with Crippen LogP contribution in [0.1, 0.15) is 30.5 Å². The van der Waals surface area contributed by atoms with E-state index in [9.17, 15) is 4.79 Å². The molecule has 0 radical (unpaired) electrons. The molecule has 1 aliphatic rings. The Kier molecular flexibility index (Phi) is 7.77. The Morgan fingerprint density at radius 3 is 2.42 bits per heavy atom. The molecular formula is C31H29N3O2S2. The van der Waals surface area contributed by atoms with Gasteiger partial charge in [-0.3, -0.25) is 9.69 Å². The van der Waals surface area contributed by atoms with Gasteiger partial charge < -0.3 is 4.74 Å². The molecule has 1 aromatic heterocycles. The summed E-state index contributed by atoms with van der Waals surface area (Å²) < 4.78 is 8.51. The molecule has 1 aliphatic heterocycles. The van der Waals surface area contributed by atoms with Gasteiger partial charge in [0.25, 0.3) is 5.91 Å². The zero-order valence-electron chi connectivity index (χ0n) is 21.6. The van der Waals surface area contributed by atoms with E-state index in [0.717, 1.165) is 39.4 Å². The van der Waals surface area contributed by atoms with E-state index in [-0.39, 0.29) is 5.91 Å². The van der Waals surface area contributed by atoms with E-state index in [2.05, 4.69) is 20.8 Å². The van der Waals surface area contributed by atoms with Crippen molar-refractivity contribution in [2.75, 3.05) is 6.61 Å². The van der Waals surface area contributed by atoms with E-state index in [1.165, 1.54) is 11.8 Å². The van der Waals surface area contributed by atoms with Gasteiger partial charge in [0.2, 0.25) is 0 Å². The fourth-order valence-corrected chi connectivity index (χ4v) is 5.49. The lowest BCUT2D eigenvalue weighted by molar-refractivity contribution is -0.122. The molecule has 4 aromatic rings. The molecule has 1 amide bonds. The van der Waals surface area contributed by atoms with Crippen LogP contribution in [0.4, 0.5) is 0 Å². The van der Waals surface area contributed by atoms with Crippen LogP contribution >= 0.6 is 24.0 Å². The Morgan fingerprint density at radius 1 is 1.00 bits per heavy atom. The molecule has 3 aromatic carbocycles. The van der Waals surface area contributed by atoms with Gasteiger partial charge in [-0.1, -0.05) is 98.5 Å². The minimum Gasteiger partial charge on any atom is -0.493 e. The Morgan fingerprint density at radius 2 is 1.71 bits per heavy atom. The van der Waals surface area contributed by atoms with Gasteiger partial charge >= 0.3 is 0 Å². The molecule has 0 saturated carbocycles.